The van der Waals surface area contributed by atoms with E-state index in [0.717, 1.165) is 77.4 Å². The smallest absolute Gasteiger partial charge is 0.150 e. The fraction of sp³-hybridized carbons (Fsp3) is 0.259. The van der Waals surface area contributed by atoms with Crippen molar-refractivity contribution in [3.8, 4) is 11.4 Å². The molecule has 9 nitrogen and oxygen atoms in total. The number of anilines is 2. The third-order valence-electron chi connectivity index (χ3n) is 6.50. The summed E-state index contributed by atoms with van der Waals surface area (Å²) >= 11 is 0. The van der Waals surface area contributed by atoms with E-state index in [4.69, 9.17) is 20.2 Å². The zero-order valence-corrected chi connectivity index (χ0v) is 20.1. The Morgan fingerprint density at radius 3 is 2.78 bits per heavy atom. The van der Waals surface area contributed by atoms with Gasteiger partial charge < -0.3 is 20.1 Å². The maximum absolute atomic E-state index is 6.17. The predicted octanol–water partition coefficient (Wildman–Crippen LogP) is 3.92. The van der Waals surface area contributed by atoms with Gasteiger partial charge in [-0.05, 0) is 36.8 Å². The molecule has 1 aromatic carbocycles. The fourth-order valence-electron chi connectivity index (χ4n) is 4.61. The molecule has 1 fully saturated rings. The second-order valence-electron chi connectivity index (χ2n) is 8.79. The number of fused-ring (bicyclic) bond motifs is 2. The van der Waals surface area contributed by atoms with Crippen LogP contribution in [-0.4, -0.2) is 50.8 Å². The van der Waals surface area contributed by atoms with Crippen molar-refractivity contribution in [1.29, 1.82) is 0 Å². The normalized spacial score (nSPS) is 14.0. The predicted molar refractivity (Wildman–Crippen MR) is 140 cm³/mol. The van der Waals surface area contributed by atoms with E-state index in [9.17, 15) is 0 Å². The monoisotopic (exact) mass is 481 g/mol. The fourth-order valence-corrected chi connectivity index (χ4v) is 4.61. The molecule has 4 aromatic heterocycles. The highest BCUT2D eigenvalue weighted by atomic mass is 16.5. The van der Waals surface area contributed by atoms with Gasteiger partial charge in [-0.25, -0.2) is 9.97 Å². The molecule has 0 aliphatic carbocycles. The van der Waals surface area contributed by atoms with Gasteiger partial charge in [0, 0.05) is 53.9 Å². The van der Waals surface area contributed by atoms with E-state index < -0.39 is 0 Å². The Labute approximate surface area is 208 Å². The van der Waals surface area contributed by atoms with Crippen molar-refractivity contribution in [2.75, 3.05) is 36.9 Å². The second-order valence-corrected chi connectivity index (χ2v) is 8.79. The topological polar surface area (TPSA) is 104 Å². The summed E-state index contributed by atoms with van der Waals surface area (Å²) in [7, 11) is 0. The molecule has 5 heterocycles. The van der Waals surface area contributed by atoms with Crippen LogP contribution in [0.3, 0.4) is 0 Å². The molecule has 0 amide bonds. The Bertz CT molecular complexity index is 1540. The van der Waals surface area contributed by atoms with Gasteiger partial charge in [-0.3, -0.25) is 14.5 Å². The Hall–Kier alpha value is -4.24. The minimum Gasteiger partial charge on any atom is -0.489 e. The summed E-state index contributed by atoms with van der Waals surface area (Å²) < 4.78 is 13.7. The number of hydrogen-bond donors (Lipinski definition) is 1. The largest absolute Gasteiger partial charge is 0.489 e. The molecule has 1 aliphatic heterocycles. The second kappa shape index (κ2) is 9.43. The number of aromatic nitrogens is 5. The number of ether oxygens (including phenoxy) is 2. The van der Waals surface area contributed by atoms with Gasteiger partial charge in [0.05, 0.1) is 36.0 Å². The summed E-state index contributed by atoms with van der Waals surface area (Å²) in [6.45, 7) is 5.79. The first kappa shape index (κ1) is 22.2. The molecule has 0 unspecified atom stereocenters. The van der Waals surface area contributed by atoms with Gasteiger partial charge in [-0.15, -0.1) is 0 Å². The maximum atomic E-state index is 6.17. The van der Waals surface area contributed by atoms with Crippen LogP contribution in [0.1, 0.15) is 18.2 Å². The zero-order valence-electron chi connectivity index (χ0n) is 20.1. The lowest BCUT2D eigenvalue weighted by Gasteiger charge is -2.30. The van der Waals surface area contributed by atoms with Crippen molar-refractivity contribution in [2.24, 2.45) is 0 Å². The Morgan fingerprint density at radius 1 is 1.03 bits per heavy atom. The van der Waals surface area contributed by atoms with Crippen LogP contribution in [-0.2, 0) is 17.8 Å². The van der Waals surface area contributed by atoms with Crippen molar-refractivity contribution >= 4 is 33.4 Å². The summed E-state index contributed by atoms with van der Waals surface area (Å²) in [5.74, 6) is 1.23. The summed E-state index contributed by atoms with van der Waals surface area (Å²) in [6, 6.07) is 12.3. The highest BCUT2D eigenvalue weighted by Gasteiger charge is 2.16. The van der Waals surface area contributed by atoms with Crippen molar-refractivity contribution in [1.82, 2.24) is 24.5 Å². The Morgan fingerprint density at radius 2 is 1.92 bits per heavy atom. The van der Waals surface area contributed by atoms with Gasteiger partial charge in [0.25, 0.3) is 0 Å². The van der Waals surface area contributed by atoms with Crippen molar-refractivity contribution < 1.29 is 9.47 Å². The minimum atomic E-state index is 0.381. The molecule has 36 heavy (non-hydrogen) atoms. The first-order valence-corrected chi connectivity index (χ1v) is 12.1. The minimum absolute atomic E-state index is 0.381. The molecule has 9 heteroatoms. The van der Waals surface area contributed by atoms with E-state index in [1.807, 2.05) is 41.2 Å². The molecule has 1 saturated heterocycles. The lowest BCUT2D eigenvalue weighted by molar-refractivity contribution is 0.123. The van der Waals surface area contributed by atoms with E-state index in [-0.39, 0.29) is 0 Å². The van der Waals surface area contributed by atoms with E-state index in [2.05, 4.69) is 38.9 Å². The Balaban J connectivity index is 1.25. The molecule has 5 aromatic rings. The van der Waals surface area contributed by atoms with Crippen LogP contribution in [0.2, 0.25) is 0 Å². The number of benzene rings is 1. The number of nitrogens with zero attached hydrogens (tertiary/aromatic N) is 6. The molecule has 6 rings (SSSR count). The molecular formula is C27H27N7O2. The van der Waals surface area contributed by atoms with Gasteiger partial charge in [-0.2, -0.15) is 0 Å². The molecule has 0 atom stereocenters. The van der Waals surface area contributed by atoms with Crippen LogP contribution in [0.5, 0.6) is 5.75 Å². The molecule has 0 radical (unpaired) electrons. The van der Waals surface area contributed by atoms with Gasteiger partial charge in [0.1, 0.15) is 30.1 Å². The third kappa shape index (κ3) is 4.18. The third-order valence-corrected chi connectivity index (χ3v) is 6.50. The van der Waals surface area contributed by atoms with E-state index in [1.165, 1.54) is 12.0 Å². The van der Waals surface area contributed by atoms with Gasteiger partial charge in [0.15, 0.2) is 0 Å². The quantitative estimate of drug-likeness (QED) is 0.389. The van der Waals surface area contributed by atoms with Crippen molar-refractivity contribution in [2.45, 2.75) is 20.0 Å². The van der Waals surface area contributed by atoms with E-state index >= 15 is 0 Å². The molecular weight excluding hydrogens is 454 g/mol. The highest BCUT2D eigenvalue weighted by Crippen LogP contribution is 2.31. The average molecular weight is 482 g/mol. The van der Waals surface area contributed by atoms with E-state index in [0.29, 0.717) is 12.4 Å². The zero-order chi connectivity index (χ0) is 24.5. The van der Waals surface area contributed by atoms with E-state index in [1.54, 1.807) is 6.20 Å². The van der Waals surface area contributed by atoms with Crippen molar-refractivity contribution in [3.63, 3.8) is 0 Å². The number of pyridine rings is 2. The SMILES string of the molecule is CCc1cc(N2CCOCC2)c2ccc(OCc3cncc(-n4ccc5c(N)ncnc54)c3)cc2n1. The number of aryl methyl sites for hydroxylation is 1. The van der Waals surface area contributed by atoms with Crippen LogP contribution >= 0.6 is 0 Å². The van der Waals surface area contributed by atoms with Crippen LogP contribution in [0.15, 0.2) is 61.3 Å². The van der Waals surface area contributed by atoms with Gasteiger partial charge >= 0.3 is 0 Å². The number of nitrogens with two attached hydrogens (primary N) is 1. The molecule has 0 spiro atoms. The summed E-state index contributed by atoms with van der Waals surface area (Å²) in [5, 5.41) is 1.94. The molecule has 1 aliphatic rings. The molecule has 0 saturated carbocycles. The maximum Gasteiger partial charge on any atom is 0.150 e. The standard InChI is InChI=1S/C27H27N7O2/c1-2-19-12-25(33-7-9-35-10-8-33)22-4-3-21(13-24(22)32-19)36-16-18-11-20(15-29-14-18)34-6-5-23-26(28)30-17-31-27(23)34/h3-6,11-15,17H,2,7-10,16H2,1H3,(H2,28,30,31). The Kier molecular flexibility index (Phi) is 5.82. The van der Waals surface area contributed by atoms with Crippen LogP contribution in [0.4, 0.5) is 11.5 Å². The number of nitrogen functional groups attached to an aromatic ring is 1. The number of rotatable bonds is 6. The lowest BCUT2D eigenvalue weighted by atomic mass is 10.1. The first-order chi connectivity index (χ1) is 17.7. The summed E-state index contributed by atoms with van der Waals surface area (Å²) in [4.78, 5) is 20.1. The first-order valence-electron chi connectivity index (χ1n) is 12.1. The number of hydrogen-bond acceptors (Lipinski definition) is 8. The molecule has 0 bridgehead atoms. The number of morpholine rings is 1. The van der Waals surface area contributed by atoms with Crippen LogP contribution in [0.25, 0.3) is 27.6 Å². The lowest BCUT2D eigenvalue weighted by Crippen LogP contribution is -2.36. The average Bonchev–Trinajstić information content (AvgIpc) is 3.37. The van der Waals surface area contributed by atoms with Crippen LogP contribution in [0, 0.1) is 0 Å². The molecule has 2 N–H and O–H groups in total. The summed E-state index contributed by atoms with van der Waals surface area (Å²) in [5.41, 5.74) is 11.8. The van der Waals surface area contributed by atoms with Gasteiger partial charge in [0.2, 0.25) is 0 Å². The van der Waals surface area contributed by atoms with Crippen LogP contribution < -0.4 is 15.4 Å². The van der Waals surface area contributed by atoms with Gasteiger partial charge in [-0.1, -0.05) is 6.92 Å². The highest BCUT2D eigenvalue weighted by molar-refractivity contribution is 5.93. The summed E-state index contributed by atoms with van der Waals surface area (Å²) in [6.07, 6.45) is 7.87. The van der Waals surface area contributed by atoms with Crippen molar-refractivity contribution in [3.05, 3.63) is 72.6 Å². The molecule has 182 valence electrons.